The minimum absolute atomic E-state index is 0.0498. The van der Waals surface area contributed by atoms with Crippen molar-refractivity contribution < 1.29 is 13.1 Å². The number of pyridine rings is 2. The molecule has 0 saturated heterocycles. The van der Waals surface area contributed by atoms with Crippen molar-refractivity contribution in [1.82, 2.24) is 4.98 Å². The molecular weight excluding hydrogens is 297 g/mol. The fourth-order valence-corrected chi connectivity index (χ4v) is 3.49. The molecule has 0 unspecified atom stereocenters. The summed E-state index contributed by atoms with van der Waals surface area (Å²) in [7, 11) is 2.03. The fourth-order valence-electron chi connectivity index (χ4n) is 3.49. The normalized spacial score (nSPS) is 16.5. The summed E-state index contributed by atoms with van der Waals surface area (Å²) in [4.78, 5) is 6.52. The molecule has 3 aromatic heterocycles. The van der Waals surface area contributed by atoms with Crippen molar-refractivity contribution >= 4 is 35.4 Å². The Balaban J connectivity index is 2.00. The van der Waals surface area contributed by atoms with E-state index in [-0.39, 0.29) is 12.5 Å². The van der Waals surface area contributed by atoms with Gasteiger partial charge in [-0.15, -0.1) is 0 Å². The summed E-state index contributed by atoms with van der Waals surface area (Å²) in [6, 6.07) is 7.60. The molecule has 1 aliphatic rings. The van der Waals surface area contributed by atoms with E-state index < -0.39 is 6.85 Å². The van der Waals surface area contributed by atoms with Crippen LogP contribution in [0.25, 0.3) is 22.8 Å². The molecule has 0 aromatic carbocycles. The van der Waals surface area contributed by atoms with E-state index in [2.05, 4.69) is 59.3 Å². The predicted octanol–water partition coefficient (Wildman–Crippen LogP) is 1.86. The molecule has 0 fully saturated rings. The van der Waals surface area contributed by atoms with Crippen LogP contribution < -0.4 is 20.0 Å². The van der Waals surface area contributed by atoms with Gasteiger partial charge < -0.3 is 4.42 Å². The van der Waals surface area contributed by atoms with Crippen LogP contribution in [0.3, 0.4) is 0 Å². The lowest BCUT2D eigenvalue weighted by molar-refractivity contribution is -0.658. The summed E-state index contributed by atoms with van der Waals surface area (Å²) < 4.78 is 30.8. The lowest BCUT2D eigenvalue weighted by atomic mass is 9.61. The molecule has 0 saturated carbocycles. The Bertz CT molecular complexity index is 1180. The average Bonchev–Trinajstić information content (AvgIpc) is 2.94. The highest BCUT2D eigenvalue weighted by molar-refractivity contribution is 6.77. The molecule has 0 bridgehead atoms. The average molecular weight is 321 g/mol. The number of hydrogen-bond donors (Lipinski definition) is 0. The minimum atomic E-state index is -2.25. The molecule has 0 spiro atoms. The zero-order valence-corrected chi connectivity index (χ0v) is 14.3. The Morgan fingerprint density at radius 1 is 1.29 bits per heavy atom. The monoisotopic (exact) mass is 321 g/mol. The number of fused-ring (bicyclic) bond motifs is 3. The second-order valence-corrected chi connectivity index (χ2v) is 6.43. The molecule has 4 rings (SSSR count). The van der Waals surface area contributed by atoms with Crippen LogP contribution in [0.1, 0.15) is 22.3 Å². The van der Waals surface area contributed by atoms with Gasteiger partial charge in [-0.25, -0.2) is 9.55 Å². The van der Waals surface area contributed by atoms with E-state index in [1.54, 1.807) is 12.1 Å². The van der Waals surface area contributed by atoms with Crippen molar-refractivity contribution in [3.8, 4) is 0 Å². The highest BCUT2D eigenvalue weighted by Gasteiger charge is 2.33. The molecule has 0 radical (unpaired) electrons. The number of aryl methyl sites for hydroxylation is 3. The second kappa shape index (κ2) is 5.23. The third-order valence-electron chi connectivity index (χ3n) is 4.63. The van der Waals surface area contributed by atoms with E-state index in [4.69, 9.17) is 8.53 Å². The van der Waals surface area contributed by atoms with Gasteiger partial charge in [0, 0.05) is 15.9 Å². The van der Waals surface area contributed by atoms with Crippen LogP contribution in [-0.4, -0.2) is 11.8 Å². The first-order valence-electron chi connectivity index (χ1n) is 9.55. The largest absolute Gasteiger partial charge is 0.439 e. The molecule has 5 heteroatoms. The van der Waals surface area contributed by atoms with Gasteiger partial charge in [0.15, 0.2) is 0 Å². The number of aromatic nitrogens is 2. The Morgan fingerprint density at radius 2 is 2.12 bits per heavy atom. The van der Waals surface area contributed by atoms with Crippen molar-refractivity contribution in [2.24, 2.45) is 7.05 Å². The first kappa shape index (κ1) is 11.9. The third-order valence-corrected chi connectivity index (χ3v) is 4.63. The maximum Gasteiger partial charge on any atom is 0.405 e. The van der Waals surface area contributed by atoms with Crippen LogP contribution in [0, 0.1) is 13.8 Å². The van der Waals surface area contributed by atoms with Gasteiger partial charge in [-0.1, -0.05) is 0 Å². The predicted molar refractivity (Wildman–Crippen MR) is 98.0 cm³/mol. The van der Waals surface area contributed by atoms with Crippen molar-refractivity contribution in [2.45, 2.75) is 27.5 Å². The van der Waals surface area contributed by atoms with Gasteiger partial charge in [-0.05, 0) is 57.3 Å². The Hall–Kier alpha value is -2.56. The van der Waals surface area contributed by atoms with Gasteiger partial charge in [0.05, 0.1) is 29.5 Å². The fraction of sp³-hybridized carbons (Fsp3) is 0.263. The molecule has 1 aliphatic heterocycles. The molecule has 0 N–H and O–H groups in total. The lowest BCUT2D eigenvalue weighted by Gasteiger charge is -2.23. The number of hydrogen-bond acceptors (Lipinski definition) is 3. The van der Waals surface area contributed by atoms with Gasteiger partial charge in [0.2, 0.25) is 5.71 Å². The molecule has 4 nitrogen and oxygen atoms in total. The van der Waals surface area contributed by atoms with Crippen molar-refractivity contribution in [1.29, 1.82) is 0 Å². The lowest BCUT2D eigenvalue weighted by Crippen LogP contribution is -2.50. The smallest absolute Gasteiger partial charge is 0.405 e. The molecular formula is C19H21BN3O+. The third kappa shape index (κ3) is 2.15. The maximum absolute atomic E-state index is 7.58. The molecule has 0 aliphatic carbocycles. The van der Waals surface area contributed by atoms with E-state index >= 15 is 0 Å². The van der Waals surface area contributed by atoms with Crippen molar-refractivity contribution in [2.75, 3.05) is 4.81 Å². The van der Waals surface area contributed by atoms with Gasteiger partial charge in [-0.3, -0.25) is 4.81 Å². The van der Waals surface area contributed by atoms with Crippen LogP contribution in [0.4, 0.5) is 5.82 Å². The standard InChI is InChI=1S/C19H21BN3O/c1-12-8-9-22(5)17(10-12)23-14(3)18-15-7-6-13(2)21-19(15)24-16(18)11-20(23)4/h6-11H,1-5H3/q+1/i2D3. The quantitative estimate of drug-likeness (QED) is 0.507. The van der Waals surface area contributed by atoms with Gasteiger partial charge in [0.25, 0.3) is 5.82 Å². The molecule has 0 amide bonds. The molecule has 3 aromatic rings. The van der Waals surface area contributed by atoms with Crippen LogP contribution >= 0.6 is 0 Å². The van der Waals surface area contributed by atoms with E-state index in [1.165, 1.54) is 5.56 Å². The summed E-state index contributed by atoms with van der Waals surface area (Å²) in [5, 5.41) is 1.80. The summed E-state index contributed by atoms with van der Waals surface area (Å²) in [6.07, 6.45) is 2.05. The van der Waals surface area contributed by atoms with Gasteiger partial charge in [-0.2, -0.15) is 0 Å². The summed E-state index contributed by atoms with van der Waals surface area (Å²) in [5.41, 5.74) is 3.41. The first-order chi connectivity index (χ1) is 12.7. The van der Waals surface area contributed by atoms with Crippen LogP contribution in [0.5, 0.6) is 0 Å². The van der Waals surface area contributed by atoms with Gasteiger partial charge in [0.1, 0.15) is 5.42 Å². The Kier molecular flexibility index (Phi) is 2.59. The SMILES string of the molecule is [2H]C([2H])([2H])c1ccc2c3c(oc2n1)=CB(C)N(c1cc(C)cc[n+]1C)C=3C. The second-order valence-electron chi connectivity index (χ2n) is 6.43. The summed E-state index contributed by atoms with van der Waals surface area (Å²) in [5.74, 6) is 3.14. The minimum Gasteiger partial charge on any atom is -0.439 e. The van der Waals surface area contributed by atoms with Gasteiger partial charge >= 0.3 is 6.85 Å². The van der Waals surface area contributed by atoms with E-state index in [1.807, 2.05) is 7.05 Å². The number of rotatable bonds is 1. The molecule has 120 valence electrons. The van der Waals surface area contributed by atoms with E-state index in [0.717, 1.165) is 27.5 Å². The number of furan rings is 1. The Labute approximate surface area is 146 Å². The zero-order valence-electron chi connectivity index (χ0n) is 17.3. The summed E-state index contributed by atoms with van der Waals surface area (Å²) in [6.45, 7) is 4.10. The zero-order chi connectivity index (χ0) is 19.5. The maximum atomic E-state index is 7.58. The van der Waals surface area contributed by atoms with Crippen LogP contribution in [-0.2, 0) is 7.05 Å². The van der Waals surface area contributed by atoms with Crippen molar-refractivity contribution in [3.05, 3.63) is 52.4 Å². The van der Waals surface area contributed by atoms with E-state index in [9.17, 15) is 0 Å². The molecule has 24 heavy (non-hydrogen) atoms. The van der Waals surface area contributed by atoms with Crippen LogP contribution in [0.2, 0.25) is 6.82 Å². The molecule has 0 atom stereocenters. The highest BCUT2D eigenvalue weighted by Crippen LogP contribution is 2.21. The molecule has 4 heterocycles. The topological polar surface area (TPSA) is 33.2 Å². The number of anilines is 1. The highest BCUT2D eigenvalue weighted by atomic mass is 16.3. The van der Waals surface area contributed by atoms with Crippen LogP contribution in [0.15, 0.2) is 34.9 Å². The first-order valence-corrected chi connectivity index (χ1v) is 8.05. The summed E-state index contributed by atoms with van der Waals surface area (Å²) >= 11 is 0. The van der Waals surface area contributed by atoms with Crippen molar-refractivity contribution in [3.63, 3.8) is 0 Å². The number of nitrogens with zero attached hydrogens (tertiary/aromatic N) is 3. The van der Waals surface area contributed by atoms with E-state index in [0.29, 0.717) is 5.71 Å². The Morgan fingerprint density at radius 3 is 2.92 bits per heavy atom.